The Balaban J connectivity index is 1.74. The summed E-state index contributed by atoms with van der Waals surface area (Å²) in [5.41, 5.74) is 4.49. The fraction of sp³-hybridized carbons (Fsp3) is 0.278. The van der Waals surface area contributed by atoms with Crippen molar-refractivity contribution in [2.45, 2.75) is 26.7 Å². The number of hydrogen-bond acceptors (Lipinski definition) is 1. The number of benzene rings is 2. The lowest BCUT2D eigenvalue weighted by atomic mass is 10.1. The number of aryl methyl sites for hydroxylation is 3. The van der Waals surface area contributed by atoms with Crippen molar-refractivity contribution >= 4 is 5.91 Å². The molecule has 0 aromatic heterocycles. The van der Waals surface area contributed by atoms with Crippen LogP contribution in [0.3, 0.4) is 0 Å². The van der Waals surface area contributed by atoms with Gasteiger partial charge in [-0.25, -0.2) is 0 Å². The summed E-state index contributed by atoms with van der Waals surface area (Å²) in [6, 6.07) is 16.2. The second-order valence-corrected chi connectivity index (χ2v) is 5.21. The first-order chi connectivity index (χ1) is 9.65. The highest BCUT2D eigenvalue weighted by Gasteiger charge is 2.03. The summed E-state index contributed by atoms with van der Waals surface area (Å²) < 4.78 is 0. The average molecular weight is 267 g/mol. The minimum Gasteiger partial charge on any atom is -0.352 e. The molecule has 0 atom stereocenters. The van der Waals surface area contributed by atoms with Gasteiger partial charge in [-0.3, -0.25) is 4.79 Å². The van der Waals surface area contributed by atoms with Gasteiger partial charge in [-0.15, -0.1) is 0 Å². The SMILES string of the molecule is Cc1ccc(CCCNC(=O)c2ccc(C)cc2)cc1. The number of nitrogens with one attached hydrogen (secondary N) is 1. The molecule has 0 saturated heterocycles. The summed E-state index contributed by atoms with van der Waals surface area (Å²) in [5.74, 6) is 0.00825. The maximum atomic E-state index is 11.9. The summed E-state index contributed by atoms with van der Waals surface area (Å²) in [7, 11) is 0. The predicted molar refractivity (Wildman–Crippen MR) is 83.0 cm³/mol. The first kappa shape index (κ1) is 14.3. The van der Waals surface area contributed by atoms with E-state index in [9.17, 15) is 4.79 Å². The summed E-state index contributed by atoms with van der Waals surface area (Å²) in [5, 5.41) is 2.96. The van der Waals surface area contributed by atoms with Crippen molar-refractivity contribution in [3.8, 4) is 0 Å². The molecular formula is C18H21NO. The van der Waals surface area contributed by atoms with Crippen molar-refractivity contribution in [3.05, 3.63) is 70.8 Å². The van der Waals surface area contributed by atoms with Crippen molar-refractivity contribution in [1.82, 2.24) is 5.32 Å². The van der Waals surface area contributed by atoms with E-state index in [1.807, 2.05) is 31.2 Å². The Morgan fingerprint density at radius 1 is 0.900 bits per heavy atom. The minimum absolute atomic E-state index is 0.00825. The van der Waals surface area contributed by atoms with Crippen LogP contribution < -0.4 is 5.32 Å². The molecule has 104 valence electrons. The van der Waals surface area contributed by atoms with Gasteiger partial charge in [-0.05, 0) is 44.4 Å². The number of carbonyl (C=O) groups is 1. The molecule has 2 rings (SSSR count). The molecular weight excluding hydrogens is 246 g/mol. The van der Waals surface area contributed by atoms with Gasteiger partial charge in [0.25, 0.3) is 5.91 Å². The standard InChI is InChI=1S/C18H21NO/c1-14-5-9-16(10-6-14)4-3-13-19-18(20)17-11-7-15(2)8-12-17/h5-12H,3-4,13H2,1-2H3,(H,19,20). The Morgan fingerprint density at radius 3 is 2.05 bits per heavy atom. The smallest absolute Gasteiger partial charge is 0.251 e. The lowest BCUT2D eigenvalue weighted by molar-refractivity contribution is 0.0953. The zero-order chi connectivity index (χ0) is 14.4. The maximum Gasteiger partial charge on any atom is 0.251 e. The molecule has 0 aliphatic heterocycles. The molecule has 0 fully saturated rings. The van der Waals surface area contributed by atoms with Crippen LogP contribution in [0.2, 0.25) is 0 Å². The van der Waals surface area contributed by atoms with E-state index in [-0.39, 0.29) is 5.91 Å². The fourth-order valence-corrected chi connectivity index (χ4v) is 2.06. The Kier molecular flexibility index (Phi) is 4.94. The number of hydrogen-bond donors (Lipinski definition) is 1. The van der Waals surface area contributed by atoms with Crippen LogP contribution in [0.25, 0.3) is 0 Å². The molecule has 0 bridgehead atoms. The zero-order valence-electron chi connectivity index (χ0n) is 12.1. The van der Waals surface area contributed by atoms with Crippen LogP contribution in [0.1, 0.15) is 33.5 Å². The Bertz CT molecular complexity index is 555. The lowest BCUT2D eigenvalue weighted by Gasteiger charge is -2.06. The third kappa shape index (κ3) is 4.23. The van der Waals surface area contributed by atoms with Crippen LogP contribution in [0, 0.1) is 13.8 Å². The minimum atomic E-state index is 0.00825. The first-order valence-electron chi connectivity index (χ1n) is 7.05. The van der Waals surface area contributed by atoms with Crippen molar-refractivity contribution in [1.29, 1.82) is 0 Å². The number of carbonyl (C=O) groups excluding carboxylic acids is 1. The van der Waals surface area contributed by atoms with Gasteiger partial charge in [0.05, 0.1) is 0 Å². The second kappa shape index (κ2) is 6.90. The third-order valence-corrected chi connectivity index (χ3v) is 3.36. The van der Waals surface area contributed by atoms with E-state index in [1.165, 1.54) is 16.7 Å². The number of amides is 1. The van der Waals surface area contributed by atoms with Crippen LogP contribution in [-0.2, 0) is 6.42 Å². The highest BCUT2D eigenvalue weighted by atomic mass is 16.1. The van der Waals surface area contributed by atoms with Crippen molar-refractivity contribution < 1.29 is 4.79 Å². The Morgan fingerprint density at radius 2 is 1.45 bits per heavy atom. The monoisotopic (exact) mass is 267 g/mol. The molecule has 0 saturated carbocycles. The van der Waals surface area contributed by atoms with E-state index in [2.05, 4.69) is 36.5 Å². The molecule has 0 aliphatic carbocycles. The molecule has 0 spiro atoms. The fourth-order valence-electron chi connectivity index (χ4n) is 2.06. The highest BCUT2D eigenvalue weighted by molar-refractivity contribution is 5.94. The molecule has 20 heavy (non-hydrogen) atoms. The van der Waals surface area contributed by atoms with Gasteiger partial charge in [0.1, 0.15) is 0 Å². The topological polar surface area (TPSA) is 29.1 Å². The number of rotatable bonds is 5. The maximum absolute atomic E-state index is 11.9. The van der Waals surface area contributed by atoms with E-state index in [1.54, 1.807) is 0 Å². The molecule has 0 radical (unpaired) electrons. The molecule has 2 heteroatoms. The lowest BCUT2D eigenvalue weighted by Crippen LogP contribution is -2.24. The summed E-state index contributed by atoms with van der Waals surface area (Å²) in [6.07, 6.45) is 1.95. The van der Waals surface area contributed by atoms with Gasteiger partial charge in [0, 0.05) is 12.1 Å². The van der Waals surface area contributed by atoms with E-state index in [0.29, 0.717) is 6.54 Å². The highest BCUT2D eigenvalue weighted by Crippen LogP contribution is 2.06. The van der Waals surface area contributed by atoms with Gasteiger partial charge >= 0.3 is 0 Å². The van der Waals surface area contributed by atoms with Crippen LogP contribution in [0.4, 0.5) is 0 Å². The van der Waals surface area contributed by atoms with Gasteiger partial charge in [0.2, 0.25) is 0 Å². The Hall–Kier alpha value is -2.09. The molecule has 1 amide bonds. The van der Waals surface area contributed by atoms with Gasteiger partial charge < -0.3 is 5.32 Å². The van der Waals surface area contributed by atoms with Crippen LogP contribution in [-0.4, -0.2) is 12.5 Å². The van der Waals surface area contributed by atoms with Crippen molar-refractivity contribution in [2.75, 3.05) is 6.54 Å². The molecule has 2 aromatic rings. The molecule has 2 aromatic carbocycles. The zero-order valence-corrected chi connectivity index (χ0v) is 12.1. The average Bonchev–Trinajstić information content (AvgIpc) is 2.46. The van der Waals surface area contributed by atoms with Crippen molar-refractivity contribution in [2.24, 2.45) is 0 Å². The van der Waals surface area contributed by atoms with E-state index in [4.69, 9.17) is 0 Å². The van der Waals surface area contributed by atoms with Gasteiger partial charge in [-0.2, -0.15) is 0 Å². The molecule has 2 nitrogen and oxygen atoms in total. The van der Waals surface area contributed by atoms with Gasteiger partial charge in [-0.1, -0.05) is 47.5 Å². The molecule has 0 heterocycles. The van der Waals surface area contributed by atoms with Crippen LogP contribution in [0.5, 0.6) is 0 Å². The summed E-state index contributed by atoms with van der Waals surface area (Å²) in [6.45, 7) is 4.81. The quantitative estimate of drug-likeness (QED) is 0.823. The second-order valence-electron chi connectivity index (χ2n) is 5.21. The Labute approximate surface area is 120 Å². The van der Waals surface area contributed by atoms with E-state index >= 15 is 0 Å². The van der Waals surface area contributed by atoms with Crippen LogP contribution >= 0.6 is 0 Å². The summed E-state index contributed by atoms with van der Waals surface area (Å²) >= 11 is 0. The van der Waals surface area contributed by atoms with E-state index < -0.39 is 0 Å². The molecule has 0 aliphatic rings. The first-order valence-corrected chi connectivity index (χ1v) is 7.05. The largest absolute Gasteiger partial charge is 0.352 e. The van der Waals surface area contributed by atoms with E-state index in [0.717, 1.165) is 18.4 Å². The van der Waals surface area contributed by atoms with Crippen LogP contribution in [0.15, 0.2) is 48.5 Å². The van der Waals surface area contributed by atoms with Gasteiger partial charge in [0.15, 0.2) is 0 Å². The predicted octanol–water partition coefficient (Wildman–Crippen LogP) is 3.67. The molecule has 1 N–H and O–H groups in total. The normalized spacial score (nSPS) is 10.3. The van der Waals surface area contributed by atoms with Crippen molar-refractivity contribution in [3.63, 3.8) is 0 Å². The summed E-state index contributed by atoms with van der Waals surface area (Å²) in [4.78, 5) is 11.9. The molecule has 0 unspecified atom stereocenters. The third-order valence-electron chi connectivity index (χ3n) is 3.36.